The molecule has 1 aromatic carbocycles. The first kappa shape index (κ1) is 19.9. The Balaban J connectivity index is 1.72. The Morgan fingerprint density at radius 3 is 2.32 bits per heavy atom. The molecule has 2 rings (SSSR count). The first-order valence-electron chi connectivity index (χ1n) is 9.42. The quantitative estimate of drug-likeness (QED) is 0.359. The first-order valence-corrected chi connectivity index (χ1v) is 9.42. The average Bonchev–Trinajstić information content (AvgIpc) is 2.59. The minimum atomic E-state index is -4.10. The summed E-state index contributed by atoms with van der Waals surface area (Å²) in [6.45, 7) is 2.27. The zero-order chi connectivity index (χ0) is 18.1. The van der Waals surface area contributed by atoms with Crippen molar-refractivity contribution >= 4 is 0 Å². The highest BCUT2D eigenvalue weighted by Gasteiger charge is 2.26. The Morgan fingerprint density at radius 1 is 1.04 bits per heavy atom. The van der Waals surface area contributed by atoms with E-state index >= 15 is 0 Å². The lowest BCUT2D eigenvalue weighted by atomic mass is 9.77. The third-order valence-corrected chi connectivity index (χ3v) is 4.94. The summed E-state index contributed by atoms with van der Waals surface area (Å²) in [4.78, 5) is 0. The molecule has 0 bridgehead atoms. The summed E-state index contributed by atoms with van der Waals surface area (Å²) < 4.78 is 41.7. The number of hydrogen-bond acceptors (Lipinski definition) is 1. The predicted octanol–water partition coefficient (Wildman–Crippen LogP) is 7.04. The molecule has 1 fully saturated rings. The van der Waals surface area contributed by atoms with Crippen LogP contribution in [0, 0.1) is 5.92 Å². The smallest absolute Gasteiger partial charge is 0.389 e. The van der Waals surface area contributed by atoms with Crippen LogP contribution in [0.3, 0.4) is 0 Å². The summed E-state index contributed by atoms with van der Waals surface area (Å²) in [7, 11) is 0. The van der Waals surface area contributed by atoms with Crippen molar-refractivity contribution in [2.24, 2.45) is 5.92 Å². The van der Waals surface area contributed by atoms with Gasteiger partial charge < -0.3 is 4.74 Å². The van der Waals surface area contributed by atoms with E-state index in [1.807, 2.05) is 12.1 Å². The summed E-state index contributed by atoms with van der Waals surface area (Å²) in [5.74, 6) is 2.07. The van der Waals surface area contributed by atoms with Crippen molar-refractivity contribution in [3.05, 3.63) is 42.0 Å². The van der Waals surface area contributed by atoms with Crippen molar-refractivity contribution in [2.45, 2.75) is 70.4 Å². The normalized spacial score (nSPS) is 21.6. The summed E-state index contributed by atoms with van der Waals surface area (Å²) in [5, 5.41) is 0. The van der Waals surface area contributed by atoms with E-state index in [1.165, 1.54) is 37.7 Å². The summed E-state index contributed by atoms with van der Waals surface area (Å²) in [6.07, 6.45) is 6.97. The molecule has 0 heterocycles. The Labute approximate surface area is 149 Å². The third kappa shape index (κ3) is 7.54. The number of hydrogen-bond donors (Lipinski definition) is 0. The molecule has 1 aliphatic carbocycles. The second-order valence-electron chi connectivity index (χ2n) is 6.97. The number of benzene rings is 1. The SMILES string of the molecule is CCC=CC[C@H]1CC[C@H](c2ccc(OCCCC(F)(F)F)cc2)CC1. The van der Waals surface area contributed by atoms with Crippen LogP contribution in [0.2, 0.25) is 0 Å². The van der Waals surface area contributed by atoms with Crippen LogP contribution in [0.4, 0.5) is 13.2 Å². The number of allylic oxidation sites excluding steroid dienone is 2. The van der Waals surface area contributed by atoms with Gasteiger partial charge in [0.2, 0.25) is 0 Å². The molecule has 0 atom stereocenters. The molecule has 0 amide bonds. The summed E-state index contributed by atoms with van der Waals surface area (Å²) in [5.41, 5.74) is 1.32. The number of ether oxygens (including phenoxy) is 1. The highest BCUT2D eigenvalue weighted by molar-refractivity contribution is 5.29. The molecule has 1 aromatic rings. The van der Waals surface area contributed by atoms with Crippen LogP contribution in [-0.4, -0.2) is 12.8 Å². The van der Waals surface area contributed by atoms with Crippen molar-refractivity contribution in [2.75, 3.05) is 6.61 Å². The largest absolute Gasteiger partial charge is 0.494 e. The molecule has 0 aromatic heterocycles. The fourth-order valence-electron chi connectivity index (χ4n) is 3.49. The average molecular weight is 354 g/mol. The maximum atomic E-state index is 12.1. The van der Waals surface area contributed by atoms with Crippen molar-refractivity contribution in [1.82, 2.24) is 0 Å². The molecule has 25 heavy (non-hydrogen) atoms. The van der Waals surface area contributed by atoms with Crippen LogP contribution in [0.15, 0.2) is 36.4 Å². The van der Waals surface area contributed by atoms with Gasteiger partial charge in [-0.05, 0) is 74.5 Å². The van der Waals surface area contributed by atoms with E-state index in [9.17, 15) is 13.2 Å². The Morgan fingerprint density at radius 2 is 1.72 bits per heavy atom. The summed E-state index contributed by atoms with van der Waals surface area (Å²) in [6, 6.07) is 7.92. The molecule has 0 aliphatic heterocycles. The van der Waals surface area contributed by atoms with E-state index < -0.39 is 12.6 Å². The highest BCUT2D eigenvalue weighted by Crippen LogP contribution is 2.37. The topological polar surface area (TPSA) is 9.23 Å². The molecular formula is C21H29F3O. The maximum Gasteiger partial charge on any atom is 0.389 e. The lowest BCUT2D eigenvalue weighted by Crippen LogP contribution is -2.13. The van der Waals surface area contributed by atoms with Crippen LogP contribution in [0.1, 0.15) is 69.8 Å². The van der Waals surface area contributed by atoms with E-state index in [2.05, 4.69) is 31.2 Å². The molecule has 0 unspecified atom stereocenters. The van der Waals surface area contributed by atoms with Gasteiger partial charge in [-0.15, -0.1) is 0 Å². The van der Waals surface area contributed by atoms with E-state index in [0.29, 0.717) is 11.7 Å². The molecule has 0 spiro atoms. The zero-order valence-corrected chi connectivity index (χ0v) is 15.0. The van der Waals surface area contributed by atoms with Gasteiger partial charge in [0.1, 0.15) is 5.75 Å². The van der Waals surface area contributed by atoms with Crippen molar-refractivity contribution in [1.29, 1.82) is 0 Å². The first-order chi connectivity index (χ1) is 12.0. The van der Waals surface area contributed by atoms with Crippen LogP contribution in [0.25, 0.3) is 0 Å². The maximum absolute atomic E-state index is 12.1. The lowest BCUT2D eigenvalue weighted by molar-refractivity contribution is -0.136. The molecule has 1 saturated carbocycles. The van der Waals surface area contributed by atoms with Crippen LogP contribution in [-0.2, 0) is 0 Å². The second kappa shape index (κ2) is 9.88. The Kier molecular flexibility index (Phi) is 7.86. The number of halogens is 3. The van der Waals surface area contributed by atoms with Gasteiger partial charge >= 0.3 is 6.18 Å². The monoisotopic (exact) mass is 354 g/mol. The van der Waals surface area contributed by atoms with Gasteiger partial charge in [-0.2, -0.15) is 13.2 Å². The van der Waals surface area contributed by atoms with E-state index in [-0.39, 0.29) is 13.0 Å². The second-order valence-corrected chi connectivity index (χ2v) is 6.97. The molecule has 1 aliphatic rings. The molecular weight excluding hydrogens is 325 g/mol. The van der Waals surface area contributed by atoms with Gasteiger partial charge in [0.05, 0.1) is 6.61 Å². The predicted molar refractivity (Wildman–Crippen MR) is 96.0 cm³/mol. The number of rotatable bonds is 8. The van der Waals surface area contributed by atoms with E-state index in [1.54, 1.807) is 0 Å². The van der Waals surface area contributed by atoms with Gasteiger partial charge in [-0.3, -0.25) is 0 Å². The van der Waals surface area contributed by atoms with E-state index in [4.69, 9.17) is 4.74 Å². The fraction of sp³-hybridized carbons (Fsp3) is 0.619. The lowest BCUT2D eigenvalue weighted by Gasteiger charge is -2.28. The molecule has 140 valence electrons. The third-order valence-electron chi connectivity index (χ3n) is 4.94. The van der Waals surface area contributed by atoms with Gasteiger partial charge in [0.15, 0.2) is 0 Å². The van der Waals surface area contributed by atoms with Crippen molar-refractivity contribution in [3.63, 3.8) is 0 Å². The van der Waals surface area contributed by atoms with E-state index in [0.717, 1.165) is 12.3 Å². The van der Waals surface area contributed by atoms with Crippen LogP contribution < -0.4 is 4.74 Å². The minimum Gasteiger partial charge on any atom is -0.494 e. The summed E-state index contributed by atoms with van der Waals surface area (Å²) >= 11 is 0. The van der Waals surface area contributed by atoms with Crippen molar-refractivity contribution in [3.8, 4) is 5.75 Å². The Hall–Kier alpha value is -1.45. The fourth-order valence-corrected chi connectivity index (χ4v) is 3.49. The van der Waals surface area contributed by atoms with Crippen molar-refractivity contribution < 1.29 is 17.9 Å². The van der Waals surface area contributed by atoms with Gasteiger partial charge in [0.25, 0.3) is 0 Å². The minimum absolute atomic E-state index is 0.00173. The zero-order valence-electron chi connectivity index (χ0n) is 15.0. The molecule has 0 radical (unpaired) electrons. The van der Waals surface area contributed by atoms with Gasteiger partial charge in [-0.25, -0.2) is 0 Å². The van der Waals surface area contributed by atoms with Gasteiger partial charge in [-0.1, -0.05) is 31.2 Å². The Bertz CT molecular complexity index is 511. The molecule has 0 saturated heterocycles. The van der Waals surface area contributed by atoms with Crippen LogP contribution in [0.5, 0.6) is 5.75 Å². The standard InChI is InChI=1S/C21H29F3O/c1-2-3-4-6-17-7-9-18(10-8-17)19-11-13-20(14-12-19)25-16-5-15-21(22,23)24/h3-4,11-14,17-18H,2,5-10,15-16H2,1H3/t17-,18-. The molecule has 4 heteroatoms. The highest BCUT2D eigenvalue weighted by atomic mass is 19.4. The van der Waals surface area contributed by atoms with Gasteiger partial charge in [0, 0.05) is 6.42 Å². The number of alkyl halides is 3. The van der Waals surface area contributed by atoms with Crippen LogP contribution >= 0.6 is 0 Å². The molecule has 0 N–H and O–H groups in total. The molecule has 1 nitrogen and oxygen atoms in total.